The highest BCUT2D eigenvalue weighted by molar-refractivity contribution is 8.15. The molecule has 0 spiro atoms. The summed E-state index contributed by atoms with van der Waals surface area (Å²) in [5, 5.41) is 2.80. The lowest BCUT2D eigenvalue weighted by Crippen LogP contribution is -2.42. The van der Waals surface area contributed by atoms with Crippen molar-refractivity contribution in [3.8, 4) is 0 Å². The molecule has 0 fully saturated rings. The van der Waals surface area contributed by atoms with Gasteiger partial charge in [0.1, 0.15) is 17.7 Å². The van der Waals surface area contributed by atoms with Crippen molar-refractivity contribution in [1.29, 1.82) is 0 Å². The predicted octanol–water partition coefficient (Wildman–Crippen LogP) is 3.24. The first-order chi connectivity index (χ1) is 13.9. The van der Waals surface area contributed by atoms with Crippen molar-refractivity contribution < 1.29 is 14.0 Å². The van der Waals surface area contributed by atoms with Gasteiger partial charge in [-0.2, -0.15) is 0 Å². The highest BCUT2D eigenvalue weighted by Crippen LogP contribution is 2.34. The summed E-state index contributed by atoms with van der Waals surface area (Å²) in [6, 6.07) is 13.0. The van der Waals surface area contributed by atoms with E-state index in [0.717, 1.165) is 16.8 Å². The highest BCUT2D eigenvalue weighted by Gasteiger charge is 2.40. The summed E-state index contributed by atoms with van der Waals surface area (Å²) in [6.07, 6.45) is 0. The molecule has 6 nitrogen and oxygen atoms in total. The molecule has 4 rings (SSSR count). The Hall–Kier alpha value is -3.00. The standard InChI is InChI=1S/C21H19FN4O2S/c1-12-20(28)26-18(24-12)16-5-3-4-6-17(16)25-21(26)29-13(2)19(27)23-11-14-7-9-15(22)10-8-14/h3-10,12-13H,11H2,1-2H3,(H,23,27)/t12-,13+/m1/s1. The largest absolute Gasteiger partial charge is 0.351 e. The fourth-order valence-electron chi connectivity index (χ4n) is 3.10. The van der Waals surface area contributed by atoms with E-state index in [-0.39, 0.29) is 17.6 Å². The van der Waals surface area contributed by atoms with Gasteiger partial charge in [-0.25, -0.2) is 14.3 Å². The zero-order valence-electron chi connectivity index (χ0n) is 15.9. The lowest BCUT2D eigenvalue weighted by Gasteiger charge is -2.26. The number of fused-ring (bicyclic) bond motifs is 3. The quantitative estimate of drug-likeness (QED) is 0.841. The van der Waals surface area contributed by atoms with Gasteiger partial charge in [-0.15, -0.1) is 0 Å². The summed E-state index contributed by atoms with van der Waals surface area (Å²) in [7, 11) is 0. The van der Waals surface area contributed by atoms with E-state index < -0.39 is 11.3 Å². The Morgan fingerprint density at radius 2 is 1.97 bits per heavy atom. The van der Waals surface area contributed by atoms with E-state index in [9.17, 15) is 14.0 Å². The van der Waals surface area contributed by atoms with Gasteiger partial charge in [-0.1, -0.05) is 36.0 Å². The van der Waals surface area contributed by atoms with Gasteiger partial charge < -0.3 is 5.32 Å². The predicted molar refractivity (Wildman–Crippen MR) is 112 cm³/mol. The number of amides is 2. The summed E-state index contributed by atoms with van der Waals surface area (Å²) < 4.78 is 13.0. The number of carbonyl (C=O) groups is 2. The zero-order chi connectivity index (χ0) is 20.5. The van der Waals surface area contributed by atoms with Crippen LogP contribution in [0, 0.1) is 5.82 Å². The van der Waals surface area contributed by atoms with E-state index >= 15 is 0 Å². The van der Waals surface area contributed by atoms with Gasteiger partial charge in [0.2, 0.25) is 5.91 Å². The number of carbonyl (C=O) groups excluding carboxylic acids is 2. The first-order valence-electron chi connectivity index (χ1n) is 9.22. The highest BCUT2D eigenvalue weighted by atomic mass is 32.2. The summed E-state index contributed by atoms with van der Waals surface area (Å²) in [5.41, 5.74) is 2.34. The van der Waals surface area contributed by atoms with Crippen molar-refractivity contribution in [2.45, 2.75) is 31.7 Å². The molecule has 0 saturated carbocycles. The lowest BCUT2D eigenvalue weighted by molar-refractivity contribution is -0.124. The third-order valence-corrected chi connectivity index (χ3v) is 5.74. The molecular formula is C21H19FN4O2S. The van der Waals surface area contributed by atoms with Crippen molar-refractivity contribution in [2.75, 3.05) is 0 Å². The van der Waals surface area contributed by atoms with E-state index in [4.69, 9.17) is 0 Å². The molecule has 2 heterocycles. The van der Waals surface area contributed by atoms with Crippen LogP contribution in [0.3, 0.4) is 0 Å². The number of halogens is 1. The normalized spacial score (nSPS) is 18.5. The van der Waals surface area contributed by atoms with Crippen molar-refractivity contribution in [3.05, 3.63) is 65.5 Å². The van der Waals surface area contributed by atoms with Crippen LogP contribution in [-0.4, -0.2) is 39.0 Å². The lowest BCUT2D eigenvalue weighted by atomic mass is 10.1. The second kappa shape index (κ2) is 7.79. The fourth-order valence-corrected chi connectivity index (χ4v) is 4.04. The van der Waals surface area contributed by atoms with E-state index in [2.05, 4.69) is 15.3 Å². The van der Waals surface area contributed by atoms with Crippen molar-refractivity contribution in [3.63, 3.8) is 0 Å². The third-order valence-electron chi connectivity index (χ3n) is 4.69. The number of aliphatic imine (C=N–C) groups is 2. The number of rotatable bonds is 4. The Balaban J connectivity index is 1.49. The van der Waals surface area contributed by atoms with Crippen LogP contribution in [0.25, 0.3) is 0 Å². The van der Waals surface area contributed by atoms with Crippen LogP contribution in [0.4, 0.5) is 10.1 Å². The summed E-state index contributed by atoms with van der Waals surface area (Å²) in [6.45, 7) is 3.80. The first kappa shape index (κ1) is 19.3. The van der Waals surface area contributed by atoms with Crippen LogP contribution >= 0.6 is 11.8 Å². The average molecular weight is 410 g/mol. The van der Waals surface area contributed by atoms with Gasteiger partial charge >= 0.3 is 0 Å². The van der Waals surface area contributed by atoms with E-state index in [1.165, 1.54) is 28.8 Å². The Bertz CT molecular complexity index is 1040. The number of nitrogens with zero attached hydrogens (tertiary/aromatic N) is 3. The van der Waals surface area contributed by atoms with Gasteiger partial charge in [-0.3, -0.25) is 14.6 Å². The summed E-state index contributed by atoms with van der Waals surface area (Å²) in [5.74, 6) is -0.0881. The molecule has 2 aromatic carbocycles. The maximum atomic E-state index is 13.0. The first-order valence-corrected chi connectivity index (χ1v) is 10.1. The molecule has 2 aliphatic rings. The van der Waals surface area contributed by atoms with Crippen LogP contribution < -0.4 is 5.32 Å². The number of hydrogen-bond donors (Lipinski definition) is 1. The molecule has 2 aromatic rings. The number of hydrogen-bond acceptors (Lipinski definition) is 5. The second-order valence-electron chi connectivity index (χ2n) is 6.82. The monoisotopic (exact) mass is 410 g/mol. The molecule has 2 aliphatic heterocycles. The molecule has 2 amide bonds. The van der Waals surface area contributed by atoms with E-state index in [0.29, 0.717) is 17.5 Å². The minimum absolute atomic E-state index is 0.153. The Kier molecular flexibility index (Phi) is 5.19. The second-order valence-corrected chi connectivity index (χ2v) is 8.13. The third kappa shape index (κ3) is 3.80. The van der Waals surface area contributed by atoms with Crippen LogP contribution in [0.2, 0.25) is 0 Å². The van der Waals surface area contributed by atoms with Gasteiger partial charge in [0.25, 0.3) is 5.91 Å². The molecule has 8 heteroatoms. The topological polar surface area (TPSA) is 74.1 Å². The van der Waals surface area contributed by atoms with Crippen LogP contribution in [0.15, 0.2) is 58.5 Å². The van der Waals surface area contributed by atoms with Gasteiger partial charge in [0.05, 0.1) is 10.9 Å². The molecule has 2 atom stereocenters. The van der Waals surface area contributed by atoms with Crippen LogP contribution in [0.5, 0.6) is 0 Å². The van der Waals surface area contributed by atoms with Crippen molar-refractivity contribution in [1.82, 2.24) is 10.2 Å². The SMILES string of the molecule is C[C@H](SC1=Nc2ccccc2C2=N[C@H](C)C(=O)N12)C(=O)NCc1ccc(F)cc1. The van der Waals surface area contributed by atoms with Crippen molar-refractivity contribution >= 4 is 40.3 Å². The smallest absolute Gasteiger partial charge is 0.258 e. The van der Waals surface area contributed by atoms with E-state index in [1.54, 1.807) is 26.0 Å². The molecule has 0 bridgehead atoms. The number of para-hydroxylation sites is 1. The van der Waals surface area contributed by atoms with E-state index in [1.807, 2.05) is 24.3 Å². The minimum Gasteiger partial charge on any atom is -0.351 e. The molecule has 0 radical (unpaired) electrons. The van der Waals surface area contributed by atoms with Crippen LogP contribution in [0.1, 0.15) is 25.0 Å². The molecule has 29 heavy (non-hydrogen) atoms. The molecule has 148 valence electrons. The summed E-state index contributed by atoms with van der Waals surface area (Å²) >= 11 is 1.21. The summed E-state index contributed by atoms with van der Waals surface area (Å²) in [4.78, 5) is 35.8. The average Bonchev–Trinajstić information content (AvgIpc) is 3.02. The number of benzene rings is 2. The Morgan fingerprint density at radius 1 is 1.24 bits per heavy atom. The Labute approximate surface area is 171 Å². The molecule has 0 unspecified atom stereocenters. The number of thioether (sulfide) groups is 1. The molecule has 0 aliphatic carbocycles. The Morgan fingerprint density at radius 3 is 2.72 bits per heavy atom. The number of nitrogens with one attached hydrogen (secondary N) is 1. The minimum atomic E-state index is -0.482. The van der Waals surface area contributed by atoms with Gasteiger partial charge in [0.15, 0.2) is 5.17 Å². The van der Waals surface area contributed by atoms with Crippen LogP contribution in [-0.2, 0) is 16.1 Å². The molecule has 1 N–H and O–H groups in total. The fraction of sp³-hybridized carbons (Fsp3) is 0.238. The maximum Gasteiger partial charge on any atom is 0.258 e. The van der Waals surface area contributed by atoms with Gasteiger partial charge in [-0.05, 0) is 43.7 Å². The van der Waals surface area contributed by atoms with Crippen molar-refractivity contribution in [2.24, 2.45) is 9.98 Å². The molecule has 0 aromatic heterocycles. The van der Waals surface area contributed by atoms with Gasteiger partial charge in [0, 0.05) is 12.1 Å². The zero-order valence-corrected chi connectivity index (χ0v) is 16.7. The molecular weight excluding hydrogens is 391 g/mol. The number of amidine groups is 2. The maximum absolute atomic E-state index is 13.0. The molecule has 0 saturated heterocycles.